The summed E-state index contributed by atoms with van der Waals surface area (Å²) in [6, 6.07) is 11.6. The van der Waals surface area contributed by atoms with E-state index in [0.717, 1.165) is 35.1 Å². The molecule has 2 aromatic carbocycles. The average molecular weight is 353 g/mol. The van der Waals surface area contributed by atoms with Crippen LogP contribution in [-0.4, -0.2) is 43.5 Å². The second kappa shape index (κ2) is 10.4. The van der Waals surface area contributed by atoms with Gasteiger partial charge >= 0.3 is 0 Å². The Morgan fingerprint density at radius 2 is 1.62 bits per heavy atom. The normalized spacial score (nSPS) is 12.3. The summed E-state index contributed by atoms with van der Waals surface area (Å²) in [7, 11) is 0. The van der Waals surface area contributed by atoms with Crippen LogP contribution in [0.1, 0.15) is 19.8 Å². The molecule has 0 heterocycles. The smallest absolute Gasteiger partial charge is 0.127 e. The molecule has 0 saturated carbocycles. The first-order valence-electron chi connectivity index (χ1n) is 8.35. The SMILES string of the molecule is CCCCOCC(O)COc1ccc(OCCCl)c2ccccc12. The first-order valence-corrected chi connectivity index (χ1v) is 8.88. The van der Waals surface area contributed by atoms with Crippen LogP contribution in [0.3, 0.4) is 0 Å². The van der Waals surface area contributed by atoms with E-state index in [1.807, 2.05) is 36.4 Å². The van der Waals surface area contributed by atoms with Gasteiger partial charge in [0, 0.05) is 17.4 Å². The third kappa shape index (κ3) is 5.55. The Hall–Kier alpha value is -1.49. The van der Waals surface area contributed by atoms with Crippen LogP contribution in [0.4, 0.5) is 0 Å². The summed E-state index contributed by atoms with van der Waals surface area (Å²) in [4.78, 5) is 0. The molecule has 0 bridgehead atoms. The van der Waals surface area contributed by atoms with Crippen molar-refractivity contribution >= 4 is 22.4 Å². The van der Waals surface area contributed by atoms with E-state index in [-0.39, 0.29) is 13.2 Å². The van der Waals surface area contributed by atoms with Gasteiger partial charge in [-0.1, -0.05) is 37.6 Å². The third-order valence-electron chi connectivity index (χ3n) is 3.56. The zero-order valence-electron chi connectivity index (χ0n) is 14.0. The van der Waals surface area contributed by atoms with Crippen molar-refractivity contribution in [2.75, 3.05) is 32.3 Å². The summed E-state index contributed by atoms with van der Waals surface area (Å²) in [5.41, 5.74) is 0. The lowest BCUT2D eigenvalue weighted by molar-refractivity contribution is 0.0116. The number of rotatable bonds is 11. The molecule has 0 fully saturated rings. The van der Waals surface area contributed by atoms with E-state index < -0.39 is 6.10 Å². The van der Waals surface area contributed by atoms with Gasteiger partial charge in [0.05, 0.1) is 12.5 Å². The molecule has 0 aromatic heterocycles. The van der Waals surface area contributed by atoms with Crippen molar-refractivity contribution in [3.05, 3.63) is 36.4 Å². The molecule has 132 valence electrons. The predicted molar refractivity (Wildman–Crippen MR) is 97.4 cm³/mol. The van der Waals surface area contributed by atoms with Crippen LogP contribution in [0.15, 0.2) is 36.4 Å². The van der Waals surface area contributed by atoms with Gasteiger partial charge in [-0.25, -0.2) is 0 Å². The van der Waals surface area contributed by atoms with Gasteiger partial charge in [-0.15, -0.1) is 11.6 Å². The Balaban J connectivity index is 1.99. The average Bonchev–Trinajstić information content (AvgIpc) is 2.62. The first kappa shape index (κ1) is 18.8. The molecule has 0 amide bonds. The predicted octanol–water partition coefficient (Wildman–Crippen LogP) is 4.01. The summed E-state index contributed by atoms with van der Waals surface area (Å²) in [5.74, 6) is 1.94. The fourth-order valence-electron chi connectivity index (χ4n) is 2.34. The van der Waals surface area contributed by atoms with Crippen molar-refractivity contribution in [2.45, 2.75) is 25.9 Å². The topological polar surface area (TPSA) is 47.9 Å². The molecule has 1 N–H and O–H groups in total. The zero-order chi connectivity index (χ0) is 17.2. The molecule has 5 heteroatoms. The molecule has 0 radical (unpaired) electrons. The van der Waals surface area contributed by atoms with Gasteiger partial charge in [-0.2, -0.15) is 0 Å². The lowest BCUT2D eigenvalue weighted by Crippen LogP contribution is -2.23. The molecule has 2 aromatic rings. The monoisotopic (exact) mass is 352 g/mol. The highest BCUT2D eigenvalue weighted by Crippen LogP contribution is 2.33. The molecule has 0 spiro atoms. The number of aliphatic hydroxyl groups is 1. The van der Waals surface area contributed by atoms with Crippen LogP contribution in [0.5, 0.6) is 11.5 Å². The number of fused-ring (bicyclic) bond motifs is 1. The Morgan fingerprint density at radius 1 is 0.958 bits per heavy atom. The maximum absolute atomic E-state index is 9.96. The van der Waals surface area contributed by atoms with Crippen molar-refractivity contribution in [3.8, 4) is 11.5 Å². The lowest BCUT2D eigenvalue weighted by atomic mass is 10.1. The second-order valence-corrected chi connectivity index (χ2v) is 5.92. The van der Waals surface area contributed by atoms with Crippen LogP contribution < -0.4 is 9.47 Å². The van der Waals surface area contributed by atoms with Crippen LogP contribution >= 0.6 is 11.6 Å². The molecule has 0 saturated heterocycles. The molecule has 2 rings (SSSR count). The Kier molecular flexibility index (Phi) is 8.16. The summed E-state index contributed by atoms with van der Waals surface area (Å²) in [6.07, 6.45) is 1.44. The van der Waals surface area contributed by atoms with Gasteiger partial charge in [-0.05, 0) is 18.6 Å². The Bertz CT molecular complexity index is 617. The van der Waals surface area contributed by atoms with E-state index in [1.54, 1.807) is 0 Å². The number of benzene rings is 2. The third-order valence-corrected chi connectivity index (χ3v) is 3.72. The van der Waals surface area contributed by atoms with E-state index in [0.29, 0.717) is 19.1 Å². The molecule has 0 aliphatic rings. The maximum atomic E-state index is 9.96. The van der Waals surface area contributed by atoms with Crippen LogP contribution in [0, 0.1) is 0 Å². The summed E-state index contributed by atoms with van der Waals surface area (Å²) < 4.78 is 16.9. The summed E-state index contributed by atoms with van der Waals surface area (Å²) in [5, 5.41) is 11.9. The van der Waals surface area contributed by atoms with Gasteiger partial charge in [0.25, 0.3) is 0 Å². The molecular weight excluding hydrogens is 328 g/mol. The number of aliphatic hydroxyl groups excluding tert-OH is 1. The number of halogens is 1. The van der Waals surface area contributed by atoms with Gasteiger partial charge in [0.1, 0.15) is 30.8 Å². The van der Waals surface area contributed by atoms with Crippen LogP contribution in [-0.2, 0) is 4.74 Å². The minimum absolute atomic E-state index is 0.192. The van der Waals surface area contributed by atoms with Gasteiger partial charge in [-0.3, -0.25) is 0 Å². The van der Waals surface area contributed by atoms with Crippen molar-refractivity contribution in [1.29, 1.82) is 0 Å². The van der Waals surface area contributed by atoms with Gasteiger partial charge in [0.15, 0.2) is 0 Å². The minimum Gasteiger partial charge on any atom is -0.492 e. The molecule has 1 atom stereocenters. The minimum atomic E-state index is -0.646. The molecule has 4 nitrogen and oxygen atoms in total. The quantitative estimate of drug-likeness (QED) is 0.490. The van der Waals surface area contributed by atoms with E-state index >= 15 is 0 Å². The highest BCUT2D eigenvalue weighted by atomic mass is 35.5. The highest BCUT2D eigenvalue weighted by molar-refractivity contribution is 6.18. The number of hydrogen-bond acceptors (Lipinski definition) is 4. The van der Waals surface area contributed by atoms with E-state index in [4.69, 9.17) is 25.8 Å². The van der Waals surface area contributed by atoms with Crippen LogP contribution in [0.2, 0.25) is 0 Å². The fourth-order valence-corrected chi connectivity index (χ4v) is 2.42. The van der Waals surface area contributed by atoms with Gasteiger partial charge in [0.2, 0.25) is 0 Å². The Morgan fingerprint density at radius 3 is 2.25 bits per heavy atom. The number of alkyl halides is 1. The Labute approximate surface area is 148 Å². The zero-order valence-corrected chi connectivity index (χ0v) is 14.8. The lowest BCUT2D eigenvalue weighted by Gasteiger charge is -2.15. The van der Waals surface area contributed by atoms with Gasteiger partial charge < -0.3 is 19.3 Å². The van der Waals surface area contributed by atoms with Crippen molar-refractivity contribution < 1.29 is 19.3 Å². The van der Waals surface area contributed by atoms with Crippen molar-refractivity contribution in [1.82, 2.24) is 0 Å². The molecule has 0 aliphatic carbocycles. The molecule has 0 aliphatic heterocycles. The number of ether oxygens (including phenoxy) is 3. The van der Waals surface area contributed by atoms with Crippen molar-refractivity contribution in [2.24, 2.45) is 0 Å². The number of hydrogen-bond donors (Lipinski definition) is 1. The van der Waals surface area contributed by atoms with E-state index in [2.05, 4.69) is 6.92 Å². The highest BCUT2D eigenvalue weighted by Gasteiger charge is 2.10. The summed E-state index contributed by atoms with van der Waals surface area (Å²) in [6.45, 7) is 3.71. The number of unbranched alkanes of at least 4 members (excludes halogenated alkanes) is 1. The molecular formula is C19H25ClO4. The second-order valence-electron chi connectivity index (χ2n) is 5.54. The summed E-state index contributed by atoms with van der Waals surface area (Å²) >= 11 is 5.69. The van der Waals surface area contributed by atoms with Crippen molar-refractivity contribution in [3.63, 3.8) is 0 Å². The maximum Gasteiger partial charge on any atom is 0.127 e. The standard InChI is InChI=1S/C19H25ClO4/c1-2-3-11-22-13-15(21)14-24-19-9-8-18(23-12-10-20)16-6-4-5-7-17(16)19/h4-9,15,21H,2-3,10-14H2,1H3. The first-order chi connectivity index (χ1) is 11.8. The van der Waals surface area contributed by atoms with E-state index in [1.165, 1.54) is 0 Å². The molecule has 24 heavy (non-hydrogen) atoms. The largest absolute Gasteiger partial charge is 0.492 e. The van der Waals surface area contributed by atoms with Crippen LogP contribution in [0.25, 0.3) is 10.8 Å². The van der Waals surface area contributed by atoms with E-state index in [9.17, 15) is 5.11 Å². The fraction of sp³-hybridized carbons (Fsp3) is 0.474. The molecule has 1 unspecified atom stereocenters.